The van der Waals surface area contributed by atoms with Crippen molar-refractivity contribution in [2.24, 2.45) is 11.8 Å². The van der Waals surface area contributed by atoms with Gasteiger partial charge in [0, 0.05) is 49.3 Å². The molecule has 0 bridgehead atoms. The topological polar surface area (TPSA) is 138 Å². The van der Waals surface area contributed by atoms with Crippen molar-refractivity contribution in [1.82, 2.24) is 19.4 Å². The molecule has 4 N–H and O–H groups in total. The summed E-state index contributed by atoms with van der Waals surface area (Å²) < 4.78 is 26.4. The number of ether oxygens (including phenoxy) is 4. The van der Waals surface area contributed by atoms with Gasteiger partial charge >= 0.3 is 0 Å². The van der Waals surface area contributed by atoms with Crippen LogP contribution in [0.3, 0.4) is 0 Å². The zero-order valence-electron chi connectivity index (χ0n) is 30.5. The number of fused-ring (bicyclic) bond motifs is 2. The molecule has 1 aliphatic heterocycles. The molecular formula is C38H50BN7O5. The van der Waals surface area contributed by atoms with Gasteiger partial charge < -0.3 is 44.8 Å². The molecular weight excluding hydrogens is 645 g/mol. The first-order valence-corrected chi connectivity index (χ1v) is 18.0. The third kappa shape index (κ3) is 7.38. The highest BCUT2D eigenvalue weighted by molar-refractivity contribution is 6.32. The van der Waals surface area contributed by atoms with Gasteiger partial charge in [0.25, 0.3) is 0 Å². The molecule has 1 amide bonds. The normalized spacial score (nSPS) is 25.1. The maximum Gasteiger partial charge on any atom is 0.224 e. The SMILES string of the molecule is Bc1ccc(NC(=O)CCC2CC(N(C)C[C@H]3C[C@@H](n4ccc5c(NCc6ccc(OC)cc6OC)ncnc54)[C@@H]4OC(C)(C)O[C@H]34)C2)c(N)c1. The van der Waals surface area contributed by atoms with Crippen LogP contribution in [0.15, 0.2) is 55.0 Å². The predicted octanol–water partition coefficient (Wildman–Crippen LogP) is 4.11. The van der Waals surface area contributed by atoms with E-state index in [2.05, 4.69) is 44.4 Å². The van der Waals surface area contributed by atoms with Crippen molar-refractivity contribution >= 4 is 47.4 Å². The molecule has 2 aliphatic carbocycles. The monoisotopic (exact) mass is 695 g/mol. The molecule has 7 rings (SSSR count). The molecule has 12 nitrogen and oxygen atoms in total. The Morgan fingerprint density at radius 2 is 1.88 bits per heavy atom. The highest BCUT2D eigenvalue weighted by Crippen LogP contribution is 2.48. The van der Waals surface area contributed by atoms with Gasteiger partial charge in [0.05, 0.1) is 43.1 Å². The van der Waals surface area contributed by atoms with Crippen LogP contribution < -0.4 is 31.3 Å². The van der Waals surface area contributed by atoms with Gasteiger partial charge in [-0.3, -0.25) is 4.79 Å². The zero-order valence-corrected chi connectivity index (χ0v) is 30.5. The van der Waals surface area contributed by atoms with E-state index in [4.69, 9.17) is 29.7 Å². The highest BCUT2D eigenvalue weighted by atomic mass is 16.8. The van der Waals surface area contributed by atoms with Crippen LogP contribution in [0.1, 0.15) is 57.6 Å². The molecule has 0 unspecified atom stereocenters. The number of rotatable bonds is 13. The van der Waals surface area contributed by atoms with Gasteiger partial charge in [-0.2, -0.15) is 0 Å². The number of aromatic nitrogens is 3. The van der Waals surface area contributed by atoms with Gasteiger partial charge in [0.1, 0.15) is 43.2 Å². The van der Waals surface area contributed by atoms with Crippen molar-refractivity contribution < 1.29 is 23.7 Å². The number of nitrogens with one attached hydrogen (secondary N) is 2. The van der Waals surface area contributed by atoms with Crippen molar-refractivity contribution in [2.75, 3.05) is 44.2 Å². The number of nitrogens with two attached hydrogens (primary N) is 1. The molecule has 270 valence electrons. The first-order valence-electron chi connectivity index (χ1n) is 18.0. The molecule has 1 saturated heterocycles. The number of hydrogen-bond donors (Lipinski definition) is 3. The first kappa shape index (κ1) is 35.1. The first-order chi connectivity index (χ1) is 24.5. The Balaban J connectivity index is 0.972. The third-order valence-electron chi connectivity index (χ3n) is 11.0. The van der Waals surface area contributed by atoms with E-state index in [0.717, 1.165) is 71.6 Å². The number of amides is 1. The molecule has 2 aromatic heterocycles. The Labute approximate surface area is 300 Å². The largest absolute Gasteiger partial charge is 0.497 e. The van der Waals surface area contributed by atoms with Crippen molar-refractivity contribution in [3.05, 3.63) is 60.6 Å². The lowest BCUT2D eigenvalue weighted by Crippen LogP contribution is -2.46. The van der Waals surface area contributed by atoms with E-state index in [-0.39, 0.29) is 24.2 Å². The van der Waals surface area contributed by atoms with E-state index in [1.165, 1.54) is 0 Å². The fourth-order valence-electron chi connectivity index (χ4n) is 8.22. The lowest BCUT2D eigenvalue weighted by molar-refractivity contribution is -0.161. The van der Waals surface area contributed by atoms with Crippen LogP contribution in [0, 0.1) is 11.8 Å². The van der Waals surface area contributed by atoms with Crippen molar-refractivity contribution in [3.63, 3.8) is 0 Å². The van der Waals surface area contributed by atoms with Crippen molar-refractivity contribution in [1.29, 1.82) is 0 Å². The quantitative estimate of drug-likeness (QED) is 0.138. The molecule has 0 spiro atoms. The smallest absolute Gasteiger partial charge is 0.224 e. The average Bonchev–Trinajstić information content (AvgIpc) is 3.75. The second kappa shape index (κ2) is 14.4. The number of nitrogens with zero attached hydrogens (tertiary/aromatic N) is 4. The summed E-state index contributed by atoms with van der Waals surface area (Å²) in [4.78, 5) is 24.5. The van der Waals surface area contributed by atoms with E-state index in [9.17, 15) is 4.79 Å². The molecule has 2 aromatic carbocycles. The molecule has 13 heteroatoms. The summed E-state index contributed by atoms with van der Waals surface area (Å²) in [6, 6.07) is 14.2. The molecule has 4 aromatic rings. The van der Waals surface area contributed by atoms with Crippen LogP contribution in [0.2, 0.25) is 0 Å². The maximum absolute atomic E-state index is 12.6. The van der Waals surface area contributed by atoms with Crippen LogP contribution in [0.25, 0.3) is 11.0 Å². The summed E-state index contributed by atoms with van der Waals surface area (Å²) in [6.07, 6.45) is 8.14. The Bertz CT molecular complexity index is 1880. The van der Waals surface area contributed by atoms with Crippen LogP contribution in [0.4, 0.5) is 17.2 Å². The predicted molar refractivity (Wildman–Crippen MR) is 201 cm³/mol. The summed E-state index contributed by atoms with van der Waals surface area (Å²) in [5, 5.41) is 7.43. The lowest BCUT2D eigenvalue weighted by atomic mass is 9.76. The fraction of sp³-hybridized carbons (Fsp3) is 0.500. The highest BCUT2D eigenvalue weighted by Gasteiger charge is 2.55. The number of nitrogen functional groups attached to an aromatic ring is 1. The van der Waals surface area contributed by atoms with Gasteiger partial charge in [0.15, 0.2) is 5.79 Å². The second-order valence-corrected chi connectivity index (χ2v) is 15.0. The summed E-state index contributed by atoms with van der Waals surface area (Å²) >= 11 is 0. The standard InChI is InChI=1S/C38H50BN7O5/c1-38(2)50-34-24(20-45(3)26-14-22(15-26)6-11-33(47)44-30-10-8-25(39)17-29(30)40)16-31(35(34)51-38)46-13-12-28-36(42-21-43-37(28)46)41-19-23-7-9-27(48-4)18-32(23)49-5/h7-10,12-13,17-18,21-22,24,26,31,34-35H,6,11,14-16,19-20,39-40H2,1-5H3,(H,44,47)(H,41,42,43)/t22?,24-,26?,31-,34-,35+/m1/s1. The lowest BCUT2D eigenvalue weighted by Gasteiger charge is -2.42. The molecule has 3 aliphatic rings. The Morgan fingerprint density at radius 3 is 2.65 bits per heavy atom. The Morgan fingerprint density at radius 1 is 1.08 bits per heavy atom. The Kier molecular flexibility index (Phi) is 9.88. The molecule has 3 fully saturated rings. The molecule has 51 heavy (non-hydrogen) atoms. The van der Waals surface area contributed by atoms with E-state index >= 15 is 0 Å². The summed E-state index contributed by atoms with van der Waals surface area (Å²) in [7, 11) is 7.52. The van der Waals surface area contributed by atoms with Crippen LogP contribution in [0.5, 0.6) is 11.5 Å². The number of hydrogen-bond acceptors (Lipinski definition) is 10. The summed E-state index contributed by atoms with van der Waals surface area (Å²) in [6.45, 7) is 5.48. The van der Waals surface area contributed by atoms with E-state index in [0.29, 0.717) is 42.2 Å². The summed E-state index contributed by atoms with van der Waals surface area (Å²) in [5.41, 5.74) is 10.3. The third-order valence-corrected chi connectivity index (χ3v) is 11.0. The van der Waals surface area contributed by atoms with Crippen LogP contribution in [-0.4, -0.2) is 85.0 Å². The average molecular weight is 696 g/mol. The second-order valence-electron chi connectivity index (χ2n) is 15.0. The van der Waals surface area contributed by atoms with Gasteiger partial charge in [0.2, 0.25) is 5.91 Å². The van der Waals surface area contributed by atoms with Gasteiger partial charge in [-0.25, -0.2) is 9.97 Å². The number of benzene rings is 2. The van der Waals surface area contributed by atoms with Crippen LogP contribution in [-0.2, 0) is 20.8 Å². The van der Waals surface area contributed by atoms with Gasteiger partial charge in [-0.15, -0.1) is 0 Å². The minimum Gasteiger partial charge on any atom is -0.497 e. The fourth-order valence-corrected chi connectivity index (χ4v) is 8.22. The minimum atomic E-state index is -0.654. The number of anilines is 3. The molecule has 4 atom stereocenters. The minimum absolute atomic E-state index is 0.0133. The van der Waals surface area contributed by atoms with E-state index in [1.54, 1.807) is 20.5 Å². The maximum atomic E-state index is 12.6. The zero-order chi connectivity index (χ0) is 35.9. The van der Waals surface area contributed by atoms with E-state index in [1.807, 2.05) is 58.1 Å². The summed E-state index contributed by atoms with van der Waals surface area (Å²) in [5.74, 6) is 2.49. The number of carbonyl (C=O) groups excluding carboxylic acids is 1. The van der Waals surface area contributed by atoms with Gasteiger partial charge in [-0.05, 0) is 82.8 Å². The van der Waals surface area contributed by atoms with Gasteiger partial charge in [-0.1, -0.05) is 11.5 Å². The van der Waals surface area contributed by atoms with Crippen LogP contribution >= 0.6 is 0 Å². The molecule has 0 radical (unpaired) electrons. The van der Waals surface area contributed by atoms with E-state index < -0.39 is 5.79 Å². The molecule has 3 heterocycles. The van der Waals surface area contributed by atoms with Crippen molar-refractivity contribution in [3.8, 4) is 11.5 Å². The Hall–Kier alpha value is -4.33. The number of methoxy groups -OCH3 is 2. The molecule has 2 saturated carbocycles. The van der Waals surface area contributed by atoms with Crippen molar-refractivity contribution in [2.45, 2.75) is 82.6 Å². The number of carbonyl (C=O) groups is 1.